The van der Waals surface area contributed by atoms with Crippen molar-refractivity contribution in [2.45, 2.75) is 25.8 Å². The standard InChI is InChI=1S/C21H28N4O3/c1-13(2)20(14-4-5-18-19(8-14)28-7-6-27-18)24-21(26)17-11-22-10-16(17)15-9-23-25(3)12-15/h4-5,8-9,12-13,16-17,20,22H,6-7,10-11H2,1-3H3,(H,24,26)/t16-,17+,20?/m1/s1. The number of nitrogens with zero attached hydrogens (tertiary/aromatic N) is 2. The van der Waals surface area contributed by atoms with E-state index in [1.54, 1.807) is 4.68 Å². The number of aromatic nitrogens is 2. The van der Waals surface area contributed by atoms with Crippen LogP contribution in [0.2, 0.25) is 0 Å². The molecule has 2 N–H and O–H groups in total. The topological polar surface area (TPSA) is 77.4 Å². The molecule has 4 rings (SSSR count). The van der Waals surface area contributed by atoms with Crippen LogP contribution in [0.15, 0.2) is 30.6 Å². The van der Waals surface area contributed by atoms with Gasteiger partial charge in [-0.1, -0.05) is 19.9 Å². The predicted octanol–water partition coefficient (Wildman–Crippen LogP) is 2.01. The van der Waals surface area contributed by atoms with E-state index >= 15 is 0 Å². The van der Waals surface area contributed by atoms with Gasteiger partial charge in [0.2, 0.25) is 5.91 Å². The summed E-state index contributed by atoms with van der Waals surface area (Å²) in [5, 5.41) is 10.9. The van der Waals surface area contributed by atoms with E-state index in [0.29, 0.717) is 19.8 Å². The van der Waals surface area contributed by atoms with Crippen molar-refractivity contribution in [3.05, 3.63) is 41.7 Å². The Balaban J connectivity index is 1.52. The smallest absolute Gasteiger partial charge is 0.225 e. The molecule has 1 amide bonds. The second kappa shape index (κ2) is 7.83. The van der Waals surface area contributed by atoms with E-state index in [9.17, 15) is 4.79 Å². The molecule has 0 radical (unpaired) electrons. The molecule has 0 saturated carbocycles. The minimum Gasteiger partial charge on any atom is -0.486 e. The summed E-state index contributed by atoms with van der Waals surface area (Å²) in [4.78, 5) is 13.2. The molecular formula is C21H28N4O3. The van der Waals surface area contributed by atoms with Gasteiger partial charge in [0, 0.05) is 32.3 Å². The molecule has 1 aromatic carbocycles. The number of fused-ring (bicyclic) bond motifs is 1. The van der Waals surface area contributed by atoms with Crippen molar-refractivity contribution < 1.29 is 14.3 Å². The number of aryl methyl sites for hydroxylation is 1. The van der Waals surface area contributed by atoms with Crippen molar-refractivity contribution in [1.29, 1.82) is 0 Å². The van der Waals surface area contributed by atoms with E-state index in [1.165, 1.54) is 0 Å². The lowest BCUT2D eigenvalue weighted by atomic mass is 9.88. The molecule has 0 aliphatic carbocycles. The Labute approximate surface area is 165 Å². The van der Waals surface area contributed by atoms with Gasteiger partial charge < -0.3 is 20.1 Å². The molecule has 1 fully saturated rings. The summed E-state index contributed by atoms with van der Waals surface area (Å²) in [6.45, 7) is 6.83. The maximum atomic E-state index is 13.2. The van der Waals surface area contributed by atoms with Crippen LogP contribution in [0.25, 0.3) is 0 Å². The van der Waals surface area contributed by atoms with Crippen LogP contribution in [0.5, 0.6) is 11.5 Å². The molecule has 3 atom stereocenters. The van der Waals surface area contributed by atoms with Crippen LogP contribution in [0.3, 0.4) is 0 Å². The van der Waals surface area contributed by atoms with Crippen molar-refractivity contribution in [3.8, 4) is 11.5 Å². The molecule has 150 valence electrons. The van der Waals surface area contributed by atoms with Crippen molar-refractivity contribution in [2.24, 2.45) is 18.9 Å². The monoisotopic (exact) mass is 384 g/mol. The van der Waals surface area contributed by atoms with E-state index < -0.39 is 0 Å². The third-order valence-corrected chi connectivity index (χ3v) is 5.59. The Hall–Kier alpha value is -2.54. The summed E-state index contributed by atoms with van der Waals surface area (Å²) in [5.41, 5.74) is 2.14. The number of benzene rings is 1. The van der Waals surface area contributed by atoms with Crippen LogP contribution in [-0.2, 0) is 11.8 Å². The first-order valence-electron chi connectivity index (χ1n) is 9.92. The van der Waals surface area contributed by atoms with Gasteiger partial charge in [-0.15, -0.1) is 0 Å². The van der Waals surface area contributed by atoms with E-state index in [0.717, 1.165) is 29.2 Å². The minimum absolute atomic E-state index is 0.0763. The summed E-state index contributed by atoms with van der Waals surface area (Å²) >= 11 is 0. The van der Waals surface area contributed by atoms with Crippen molar-refractivity contribution in [1.82, 2.24) is 20.4 Å². The zero-order valence-electron chi connectivity index (χ0n) is 16.6. The maximum Gasteiger partial charge on any atom is 0.225 e. The molecule has 28 heavy (non-hydrogen) atoms. The highest BCUT2D eigenvalue weighted by molar-refractivity contribution is 5.81. The van der Waals surface area contributed by atoms with Gasteiger partial charge in [-0.2, -0.15) is 5.10 Å². The Morgan fingerprint density at radius 3 is 2.75 bits per heavy atom. The molecule has 7 heteroatoms. The van der Waals surface area contributed by atoms with E-state index in [1.807, 2.05) is 37.6 Å². The largest absolute Gasteiger partial charge is 0.486 e. The zero-order chi connectivity index (χ0) is 19.7. The van der Waals surface area contributed by atoms with Gasteiger partial charge in [0.15, 0.2) is 11.5 Å². The Morgan fingerprint density at radius 1 is 1.25 bits per heavy atom. The summed E-state index contributed by atoms with van der Waals surface area (Å²) < 4.78 is 13.1. The summed E-state index contributed by atoms with van der Waals surface area (Å²) in [6.07, 6.45) is 3.86. The van der Waals surface area contributed by atoms with Crippen LogP contribution >= 0.6 is 0 Å². The number of rotatable bonds is 5. The molecule has 3 heterocycles. The molecule has 1 unspecified atom stereocenters. The molecule has 2 aliphatic rings. The summed E-state index contributed by atoms with van der Waals surface area (Å²) in [7, 11) is 1.90. The molecule has 0 spiro atoms. The van der Waals surface area contributed by atoms with E-state index in [4.69, 9.17) is 9.47 Å². The van der Waals surface area contributed by atoms with Gasteiger partial charge in [0.05, 0.1) is 18.2 Å². The number of carbonyl (C=O) groups is 1. The number of amides is 1. The quantitative estimate of drug-likeness (QED) is 0.825. The van der Waals surface area contributed by atoms with Crippen LogP contribution in [0.4, 0.5) is 0 Å². The number of carbonyl (C=O) groups excluding carboxylic acids is 1. The lowest BCUT2D eigenvalue weighted by Crippen LogP contribution is -2.38. The first kappa shape index (κ1) is 18.8. The highest BCUT2D eigenvalue weighted by atomic mass is 16.6. The number of hydrogen-bond acceptors (Lipinski definition) is 5. The molecule has 2 aromatic rings. The van der Waals surface area contributed by atoms with Crippen molar-refractivity contribution in [3.63, 3.8) is 0 Å². The number of hydrogen-bond donors (Lipinski definition) is 2. The molecular weight excluding hydrogens is 356 g/mol. The zero-order valence-corrected chi connectivity index (χ0v) is 16.6. The molecule has 7 nitrogen and oxygen atoms in total. The normalized spacial score (nSPS) is 22.3. The minimum atomic E-state index is -0.109. The molecule has 2 aliphatic heterocycles. The fourth-order valence-electron chi connectivity index (χ4n) is 4.08. The van der Waals surface area contributed by atoms with Crippen molar-refractivity contribution in [2.75, 3.05) is 26.3 Å². The molecule has 1 aromatic heterocycles. The van der Waals surface area contributed by atoms with Gasteiger partial charge >= 0.3 is 0 Å². The van der Waals surface area contributed by atoms with Gasteiger partial charge in [-0.05, 0) is 29.2 Å². The van der Waals surface area contributed by atoms with Crippen LogP contribution in [0, 0.1) is 11.8 Å². The fraction of sp³-hybridized carbons (Fsp3) is 0.524. The van der Waals surface area contributed by atoms with Crippen LogP contribution < -0.4 is 20.1 Å². The highest BCUT2D eigenvalue weighted by Crippen LogP contribution is 2.35. The van der Waals surface area contributed by atoms with Gasteiger partial charge in [-0.25, -0.2) is 0 Å². The Bertz CT molecular complexity index is 848. The number of nitrogens with one attached hydrogen (secondary N) is 2. The summed E-state index contributed by atoms with van der Waals surface area (Å²) in [6, 6.07) is 5.86. The molecule has 1 saturated heterocycles. The average Bonchev–Trinajstić information content (AvgIpc) is 3.34. The average molecular weight is 384 g/mol. The van der Waals surface area contributed by atoms with E-state index in [-0.39, 0.29) is 29.7 Å². The molecule has 0 bridgehead atoms. The third kappa shape index (κ3) is 3.71. The Morgan fingerprint density at radius 2 is 2.04 bits per heavy atom. The Kier molecular flexibility index (Phi) is 5.26. The SMILES string of the molecule is CC(C)C(NC(=O)[C@H]1CNC[C@@H]1c1cnn(C)c1)c1ccc2c(c1)OCCO2. The maximum absolute atomic E-state index is 13.2. The second-order valence-corrected chi connectivity index (χ2v) is 7.95. The number of ether oxygens (including phenoxy) is 2. The van der Waals surface area contributed by atoms with Crippen LogP contribution in [0.1, 0.15) is 36.9 Å². The predicted molar refractivity (Wildman–Crippen MR) is 105 cm³/mol. The highest BCUT2D eigenvalue weighted by Gasteiger charge is 2.36. The first-order valence-corrected chi connectivity index (χ1v) is 9.92. The van der Waals surface area contributed by atoms with Crippen LogP contribution in [-0.4, -0.2) is 42.0 Å². The van der Waals surface area contributed by atoms with Crippen molar-refractivity contribution >= 4 is 5.91 Å². The van der Waals surface area contributed by atoms with E-state index in [2.05, 4.69) is 29.6 Å². The lowest BCUT2D eigenvalue weighted by Gasteiger charge is -2.27. The van der Waals surface area contributed by atoms with Gasteiger partial charge in [-0.3, -0.25) is 9.48 Å². The second-order valence-electron chi connectivity index (χ2n) is 7.95. The lowest BCUT2D eigenvalue weighted by molar-refractivity contribution is -0.125. The van der Waals surface area contributed by atoms with Gasteiger partial charge in [0.25, 0.3) is 0 Å². The first-order chi connectivity index (χ1) is 13.5. The fourth-order valence-corrected chi connectivity index (χ4v) is 4.08. The van der Waals surface area contributed by atoms with Gasteiger partial charge in [0.1, 0.15) is 13.2 Å². The third-order valence-electron chi connectivity index (χ3n) is 5.59. The summed E-state index contributed by atoms with van der Waals surface area (Å²) in [5.74, 6) is 1.87.